The summed E-state index contributed by atoms with van der Waals surface area (Å²) in [7, 11) is 0. The van der Waals surface area contributed by atoms with E-state index in [9.17, 15) is 9.59 Å². The van der Waals surface area contributed by atoms with Crippen LogP contribution in [0.2, 0.25) is 0 Å². The third kappa shape index (κ3) is 4.70. The van der Waals surface area contributed by atoms with Crippen molar-refractivity contribution in [2.75, 3.05) is 32.8 Å². The van der Waals surface area contributed by atoms with Gasteiger partial charge in [-0.15, -0.1) is 12.3 Å². The summed E-state index contributed by atoms with van der Waals surface area (Å²) in [4.78, 5) is 27.0. The second-order valence-corrected chi connectivity index (χ2v) is 8.18. The van der Waals surface area contributed by atoms with Gasteiger partial charge in [-0.2, -0.15) is 15.3 Å². The maximum absolute atomic E-state index is 12.9. The number of nitrogens with one attached hydrogen (secondary N) is 1. The third-order valence-electron chi connectivity index (χ3n) is 6.10. The van der Waals surface area contributed by atoms with E-state index >= 15 is 0 Å². The Morgan fingerprint density at radius 1 is 1.27 bits per heavy atom. The molecule has 0 saturated carbocycles. The molecule has 1 atom stereocenters. The Morgan fingerprint density at radius 3 is 2.80 bits per heavy atom. The summed E-state index contributed by atoms with van der Waals surface area (Å²) in [6.07, 6.45) is 11.0. The number of hydrogen-bond acceptors (Lipinski definition) is 6. The highest BCUT2D eigenvalue weighted by molar-refractivity contribution is 5.95. The Balaban J connectivity index is 1.26. The van der Waals surface area contributed by atoms with E-state index in [0.29, 0.717) is 70.0 Å². The minimum Gasteiger partial charge on any atom is -0.378 e. The molecule has 4 heterocycles. The topological polar surface area (TPSA) is 101 Å². The van der Waals surface area contributed by atoms with Gasteiger partial charge in [-0.05, 0) is 18.8 Å². The number of morpholine rings is 1. The van der Waals surface area contributed by atoms with E-state index in [1.807, 2.05) is 9.58 Å². The van der Waals surface area contributed by atoms with Crippen LogP contribution in [0.25, 0.3) is 0 Å². The fourth-order valence-electron chi connectivity index (χ4n) is 4.12. The summed E-state index contributed by atoms with van der Waals surface area (Å²) in [6, 6.07) is 0. The maximum atomic E-state index is 12.9. The van der Waals surface area contributed by atoms with Gasteiger partial charge in [-0.1, -0.05) is 0 Å². The predicted octanol–water partition coefficient (Wildman–Crippen LogP) is 1.39. The van der Waals surface area contributed by atoms with E-state index in [-0.39, 0.29) is 11.8 Å². The highest BCUT2D eigenvalue weighted by Crippen LogP contribution is 2.37. The average Bonchev–Trinajstić information content (AvgIpc) is 3.44. The first-order valence-electron chi connectivity index (χ1n) is 10.7. The molecule has 1 aromatic rings. The molecule has 3 aliphatic heterocycles. The number of carbonyl (C=O) groups is 2. The number of ether oxygens (including phenoxy) is 1. The highest BCUT2D eigenvalue weighted by atomic mass is 16.5. The fourth-order valence-corrected chi connectivity index (χ4v) is 4.12. The Morgan fingerprint density at radius 2 is 2.07 bits per heavy atom. The molecule has 1 unspecified atom stereocenters. The minimum atomic E-state index is -0.421. The minimum absolute atomic E-state index is 0.0103. The number of fused-ring (bicyclic) bond motifs is 1. The van der Waals surface area contributed by atoms with Crippen molar-refractivity contribution < 1.29 is 14.3 Å². The van der Waals surface area contributed by atoms with Gasteiger partial charge in [0, 0.05) is 51.9 Å². The van der Waals surface area contributed by atoms with Crippen molar-refractivity contribution in [2.45, 2.75) is 50.7 Å². The zero-order valence-electron chi connectivity index (χ0n) is 17.2. The summed E-state index contributed by atoms with van der Waals surface area (Å²) >= 11 is 0. The number of terminal acetylenes is 1. The van der Waals surface area contributed by atoms with Crippen LogP contribution in [0, 0.1) is 18.3 Å². The van der Waals surface area contributed by atoms with Crippen LogP contribution in [0.4, 0.5) is 0 Å². The van der Waals surface area contributed by atoms with E-state index < -0.39 is 5.66 Å². The molecule has 0 aliphatic carbocycles. The first-order valence-corrected chi connectivity index (χ1v) is 10.7. The summed E-state index contributed by atoms with van der Waals surface area (Å²) in [5.74, 6) is 2.93. The van der Waals surface area contributed by atoms with Gasteiger partial charge in [0.2, 0.25) is 5.91 Å². The smallest absolute Gasteiger partial charge is 0.257 e. The first kappa shape index (κ1) is 20.5. The lowest BCUT2D eigenvalue weighted by Gasteiger charge is -2.28. The molecule has 0 spiro atoms. The largest absolute Gasteiger partial charge is 0.378 e. The molecule has 1 aromatic heterocycles. The van der Waals surface area contributed by atoms with Gasteiger partial charge in [0.05, 0.1) is 30.7 Å². The van der Waals surface area contributed by atoms with Crippen LogP contribution in [0.3, 0.4) is 0 Å². The van der Waals surface area contributed by atoms with Gasteiger partial charge in [0.25, 0.3) is 5.91 Å². The predicted molar refractivity (Wildman–Crippen MR) is 109 cm³/mol. The zero-order valence-corrected chi connectivity index (χ0v) is 17.2. The van der Waals surface area contributed by atoms with Crippen molar-refractivity contribution in [1.29, 1.82) is 0 Å². The molecule has 3 aliphatic rings. The molecule has 9 heteroatoms. The van der Waals surface area contributed by atoms with Crippen LogP contribution >= 0.6 is 0 Å². The van der Waals surface area contributed by atoms with Gasteiger partial charge >= 0.3 is 0 Å². The van der Waals surface area contributed by atoms with E-state index in [1.165, 1.54) is 0 Å². The Labute approximate surface area is 176 Å². The quantitative estimate of drug-likeness (QED) is 0.652. The van der Waals surface area contributed by atoms with Crippen LogP contribution in [0.5, 0.6) is 0 Å². The van der Waals surface area contributed by atoms with E-state index in [0.717, 1.165) is 25.1 Å². The number of nitrogens with zero attached hydrogens (tertiary/aromatic N) is 5. The van der Waals surface area contributed by atoms with Crippen molar-refractivity contribution in [1.82, 2.24) is 20.0 Å². The molecule has 0 aromatic carbocycles. The molecule has 30 heavy (non-hydrogen) atoms. The van der Waals surface area contributed by atoms with Crippen LogP contribution in [-0.2, 0) is 22.5 Å². The summed E-state index contributed by atoms with van der Waals surface area (Å²) in [6.45, 7) is 3.75. The standard InChI is InChI=1S/C21H28N6O3/c1-2-3-6-21(24-25-21)7-4-19(28)22-14-16-5-8-27-18(13-16)17(15-23-27)20(29)26-9-11-30-12-10-26/h1,15-16H,3-14H2,(H,22,28). The average molecular weight is 412 g/mol. The lowest BCUT2D eigenvalue weighted by atomic mass is 9.94. The number of carbonyl (C=O) groups excluding carboxylic acids is 2. The Bertz CT molecular complexity index is 859. The van der Waals surface area contributed by atoms with Crippen LogP contribution in [0.1, 0.15) is 48.2 Å². The molecule has 160 valence electrons. The lowest BCUT2D eigenvalue weighted by Crippen LogP contribution is -2.41. The van der Waals surface area contributed by atoms with Crippen LogP contribution < -0.4 is 5.32 Å². The molecule has 0 radical (unpaired) electrons. The fraction of sp³-hybridized carbons (Fsp3) is 0.667. The first-order chi connectivity index (χ1) is 14.6. The van der Waals surface area contributed by atoms with Gasteiger partial charge in [0.1, 0.15) is 0 Å². The van der Waals surface area contributed by atoms with Crippen LogP contribution in [0.15, 0.2) is 16.4 Å². The van der Waals surface area contributed by atoms with Gasteiger partial charge in [-0.25, -0.2) is 0 Å². The molecule has 1 fully saturated rings. The molecule has 2 amide bonds. The van der Waals surface area contributed by atoms with Crippen LogP contribution in [-0.4, -0.2) is 65.0 Å². The maximum Gasteiger partial charge on any atom is 0.257 e. The number of aryl methyl sites for hydroxylation is 1. The molecule has 9 nitrogen and oxygen atoms in total. The number of amides is 2. The molecular formula is C21H28N6O3. The van der Waals surface area contributed by atoms with E-state index in [1.54, 1.807) is 6.20 Å². The van der Waals surface area contributed by atoms with Crippen molar-refractivity contribution in [3.63, 3.8) is 0 Å². The second-order valence-electron chi connectivity index (χ2n) is 8.18. The van der Waals surface area contributed by atoms with E-state index in [4.69, 9.17) is 11.2 Å². The Hall–Kier alpha value is -2.73. The van der Waals surface area contributed by atoms with Gasteiger partial charge < -0.3 is 15.0 Å². The van der Waals surface area contributed by atoms with Crippen molar-refractivity contribution in [3.8, 4) is 12.3 Å². The third-order valence-corrected chi connectivity index (χ3v) is 6.10. The summed E-state index contributed by atoms with van der Waals surface area (Å²) < 4.78 is 7.27. The SMILES string of the molecule is C#CCCC1(CCC(=O)NCC2CCn3ncc(C(=O)N4CCOCC4)c3C2)N=N1. The Kier molecular flexibility index (Phi) is 6.13. The molecular weight excluding hydrogens is 384 g/mol. The van der Waals surface area contributed by atoms with Gasteiger partial charge in [0.15, 0.2) is 5.66 Å². The summed E-state index contributed by atoms with van der Waals surface area (Å²) in [5.41, 5.74) is 1.23. The van der Waals surface area contributed by atoms with Crippen molar-refractivity contribution in [2.24, 2.45) is 16.1 Å². The number of aromatic nitrogens is 2. The number of rotatable bonds is 8. The lowest BCUT2D eigenvalue weighted by molar-refractivity contribution is -0.121. The molecule has 4 rings (SSSR count). The normalized spacial score (nSPS) is 21.6. The molecule has 1 saturated heterocycles. The van der Waals surface area contributed by atoms with Crippen molar-refractivity contribution >= 4 is 11.8 Å². The summed E-state index contributed by atoms with van der Waals surface area (Å²) in [5, 5.41) is 15.6. The molecule has 1 N–H and O–H groups in total. The molecule has 0 bridgehead atoms. The van der Waals surface area contributed by atoms with Gasteiger partial charge in [-0.3, -0.25) is 14.3 Å². The monoisotopic (exact) mass is 412 g/mol. The van der Waals surface area contributed by atoms with Crippen molar-refractivity contribution in [3.05, 3.63) is 17.5 Å². The highest BCUT2D eigenvalue weighted by Gasteiger charge is 2.39. The second kappa shape index (κ2) is 8.96. The number of hydrogen-bond donors (Lipinski definition) is 1. The zero-order chi connectivity index (χ0) is 21.0. The van der Waals surface area contributed by atoms with E-state index in [2.05, 4.69) is 26.6 Å².